The molecule has 1 rings (SSSR count). The zero-order valence-corrected chi connectivity index (χ0v) is 9.01. The number of nitrogens with zero attached hydrogens (tertiary/aromatic N) is 2. The predicted octanol–water partition coefficient (Wildman–Crippen LogP) is 1.40. The molecule has 0 aromatic rings. The molecule has 0 amide bonds. The van der Waals surface area contributed by atoms with Crippen LogP contribution in [0.25, 0.3) is 0 Å². The molecule has 3 heteroatoms. The number of amidine groups is 1. The highest BCUT2D eigenvalue weighted by molar-refractivity contribution is 5.78. The third kappa shape index (κ3) is 2.44. The van der Waals surface area contributed by atoms with Crippen molar-refractivity contribution in [2.75, 3.05) is 26.2 Å². The van der Waals surface area contributed by atoms with Crippen LogP contribution < -0.4 is 0 Å². The Morgan fingerprint density at radius 3 is 2.54 bits per heavy atom. The molecule has 1 heterocycles. The summed E-state index contributed by atoms with van der Waals surface area (Å²) in [4.78, 5) is 4.68. The van der Waals surface area contributed by atoms with Crippen molar-refractivity contribution in [3.63, 3.8) is 0 Å². The van der Waals surface area contributed by atoms with Crippen LogP contribution in [0.2, 0.25) is 0 Å². The van der Waals surface area contributed by atoms with E-state index in [1.165, 1.54) is 0 Å². The number of rotatable bonds is 2. The molecule has 1 aliphatic heterocycles. The molecule has 0 aromatic heterocycles. The van der Waals surface area contributed by atoms with Gasteiger partial charge in [-0.3, -0.25) is 10.3 Å². The summed E-state index contributed by atoms with van der Waals surface area (Å²) in [6, 6.07) is 0.602. The summed E-state index contributed by atoms with van der Waals surface area (Å²) in [5.74, 6) is 0.794. The molecule has 1 fully saturated rings. The number of piperazine rings is 1. The van der Waals surface area contributed by atoms with E-state index in [1.807, 2.05) is 0 Å². The molecule has 1 atom stereocenters. The molecule has 0 spiro atoms. The third-order valence-corrected chi connectivity index (χ3v) is 2.89. The molecule has 0 bridgehead atoms. The largest absolute Gasteiger partial charge is 0.358 e. The van der Waals surface area contributed by atoms with Crippen molar-refractivity contribution in [2.24, 2.45) is 0 Å². The Bertz CT molecular complexity index is 179. The second kappa shape index (κ2) is 4.61. The minimum absolute atomic E-state index is 0.602. The van der Waals surface area contributed by atoms with Gasteiger partial charge in [-0.2, -0.15) is 0 Å². The number of likely N-dealkylation sites (N-methyl/N-ethyl adjacent to an activating group) is 1. The molecule has 1 unspecified atom stereocenters. The van der Waals surface area contributed by atoms with Crippen molar-refractivity contribution in [3.8, 4) is 0 Å². The minimum Gasteiger partial charge on any atom is -0.358 e. The molecule has 1 N–H and O–H groups in total. The zero-order chi connectivity index (χ0) is 9.84. The zero-order valence-electron chi connectivity index (χ0n) is 9.01. The summed E-state index contributed by atoms with van der Waals surface area (Å²) in [5, 5.41) is 7.75. The van der Waals surface area contributed by atoms with Crippen molar-refractivity contribution >= 4 is 5.84 Å². The van der Waals surface area contributed by atoms with E-state index in [0.29, 0.717) is 6.04 Å². The Morgan fingerprint density at radius 2 is 2.08 bits per heavy atom. The summed E-state index contributed by atoms with van der Waals surface area (Å²) < 4.78 is 0. The molecule has 13 heavy (non-hydrogen) atoms. The third-order valence-electron chi connectivity index (χ3n) is 2.89. The van der Waals surface area contributed by atoms with Crippen LogP contribution in [0.1, 0.15) is 27.2 Å². The van der Waals surface area contributed by atoms with Gasteiger partial charge in [0.15, 0.2) is 0 Å². The first-order chi connectivity index (χ1) is 6.19. The van der Waals surface area contributed by atoms with E-state index in [0.717, 1.165) is 38.4 Å². The average Bonchev–Trinajstić information content (AvgIpc) is 2.16. The molecule has 3 nitrogen and oxygen atoms in total. The van der Waals surface area contributed by atoms with Crippen molar-refractivity contribution in [1.29, 1.82) is 5.41 Å². The maximum atomic E-state index is 7.75. The summed E-state index contributed by atoms with van der Waals surface area (Å²) in [6.45, 7) is 10.8. The Kier molecular flexibility index (Phi) is 3.72. The number of hydrogen-bond donors (Lipinski definition) is 1. The van der Waals surface area contributed by atoms with Crippen LogP contribution in [0.15, 0.2) is 0 Å². The molecule has 0 radical (unpaired) electrons. The van der Waals surface area contributed by atoms with Gasteiger partial charge in [-0.15, -0.1) is 0 Å². The fourth-order valence-electron chi connectivity index (χ4n) is 1.93. The molecule has 76 valence electrons. The fourth-order valence-corrected chi connectivity index (χ4v) is 1.93. The van der Waals surface area contributed by atoms with E-state index in [4.69, 9.17) is 5.41 Å². The molecule has 1 aliphatic rings. The molecular weight excluding hydrogens is 162 g/mol. The van der Waals surface area contributed by atoms with E-state index < -0.39 is 0 Å². The van der Waals surface area contributed by atoms with Crippen LogP contribution in [-0.2, 0) is 0 Å². The highest BCUT2D eigenvalue weighted by Gasteiger charge is 2.22. The lowest BCUT2D eigenvalue weighted by Crippen LogP contribution is -2.53. The summed E-state index contributed by atoms with van der Waals surface area (Å²) in [7, 11) is 0. The van der Waals surface area contributed by atoms with Gasteiger partial charge in [0.2, 0.25) is 0 Å². The number of hydrogen-bond acceptors (Lipinski definition) is 2. The van der Waals surface area contributed by atoms with Crippen molar-refractivity contribution in [1.82, 2.24) is 9.80 Å². The van der Waals surface area contributed by atoms with Crippen LogP contribution in [0, 0.1) is 5.41 Å². The van der Waals surface area contributed by atoms with E-state index >= 15 is 0 Å². The van der Waals surface area contributed by atoms with Gasteiger partial charge in [-0.25, -0.2) is 0 Å². The second-order valence-electron chi connectivity index (χ2n) is 3.72. The summed E-state index contributed by atoms with van der Waals surface area (Å²) >= 11 is 0. The Morgan fingerprint density at radius 1 is 1.38 bits per heavy atom. The first-order valence-corrected chi connectivity index (χ1v) is 5.25. The van der Waals surface area contributed by atoms with Crippen molar-refractivity contribution in [3.05, 3.63) is 0 Å². The lowest BCUT2D eigenvalue weighted by Gasteiger charge is -2.40. The van der Waals surface area contributed by atoms with Crippen molar-refractivity contribution < 1.29 is 0 Å². The average molecular weight is 183 g/mol. The van der Waals surface area contributed by atoms with E-state index in [-0.39, 0.29) is 0 Å². The van der Waals surface area contributed by atoms with Gasteiger partial charge < -0.3 is 4.90 Å². The van der Waals surface area contributed by atoms with E-state index in [2.05, 4.69) is 30.6 Å². The highest BCUT2D eigenvalue weighted by Crippen LogP contribution is 2.09. The predicted molar refractivity (Wildman–Crippen MR) is 56.3 cm³/mol. The lowest BCUT2D eigenvalue weighted by atomic mass is 10.2. The SMILES string of the molecule is CCC(=N)N1CCN(CC)C(C)C1. The first-order valence-electron chi connectivity index (χ1n) is 5.25. The molecule has 1 saturated heterocycles. The van der Waals surface area contributed by atoms with Crippen LogP contribution in [0.4, 0.5) is 0 Å². The summed E-state index contributed by atoms with van der Waals surface area (Å²) in [5.41, 5.74) is 0. The van der Waals surface area contributed by atoms with Crippen LogP contribution in [0.5, 0.6) is 0 Å². The van der Waals surface area contributed by atoms with Gasteiger partial charge in [-0.05, 0) is 13.5 Å². The molecular formula is C10H21N3. The van der Waals surface area contributed by atoms with E-state index in [1.54, 1.807) is 0 Å². The van der Waals surface area contributed by atoms with Gasteiger partial charge in [0, 0.05) is 32.1 Å². The monoisotopic (exact) mass is 183 g/mol. The fraction of sp³-hybridized carbons (Fsp3) is 0.900. The van der Waals surface area contributed by atoms with Crippen LogP contribution in [-0.4, -0.2) is 47.9 Å². The number of nitrogens with one attached hydrogen (secondary N) is 1. The van der Waals surface area contributed by atoms with Gasteiger partial charge >= 0.3 is 0 Å². The standard InChI is InChI=1S/C10H21N3/c1-4-10(11)13-7-6-12(5-2)9(3)8-13/h9,11H,4-8H2,1-3H3. The maximum Gasteiger partial charge on any atom is 0.0955 e. The Labute approximate surface area is 81.2 Å². The van der Waals surface area contributed by atoms with Gasteiger partial charge in [-0.1, -0.05) is 13.8 Å². The van der Waals surface area contributed by atoms with Gasteiger partial charge in [0.25, 0.3) is 0 Å². The molecule has 0 aromatic carbocycles. The van der Waals surface area contributed by atoms with Crippen LogP contribution >= 0.6 is 0 Å². The second-order valence-corrected chi connectivity index (χ2v) is 3.72. The molecule has 0 saturated carbocycles. The Balaban J connectivity index is 2.45. The maximum absolute atomic E-state index is 7.75. The minimum atomic E-state index is 0.602. The first kappa shape index (κ1) is 10.5. The smallest absolute Gasteiger partial charge is 0.0955 e. The normalized spacial score (nSPS) is 24.8. The summed E-state index contributed by atoms with van der Waals surface area (Å²) in [6.07, 6.45) is 0.860. The van der Waals surface area contributed by atoms with E-state index in [9.17, 15) is 0 Å². The van der Waals surface area contributed by atoms with Gasteiger partial charge in [0.05, 0.1) is 5.84 Å². The van der Waals surface area contributed by atoms with Crippen LogP contribution in [0.3, 0.4) is 0 Å². The van der Waals surface area contributed by atoms with Gasteiger partial charge in [0.1, 0.15) is 0 Å². The highest BCUT2D eigenvalue weighted by atomic mass is 15.3. The topological polar surface area (TPSA) is 30.3 Å². The lowest BCUT2D eigenvalue weighted by molar-refractivity contribution is 0.128. The Hall–Kier alpha value is -0.570. The van der Waals surface area contributed by atoms with Crippen molar-refractivity contribution in [2.45, 2.75) is 33.2 Å². The molecule has 0 aliphatic carbocycles. The quantitative estimate of drug-likeness (QED) is 0.518.